The van der Waals surface area contributed by atoms with E-state index in [1.54, 1.807) is 17.0 Å². The third kappa shape index (κ3) is 4.41. The van der Waals surface area contributed by atoms with Crippen molar-refractivity contribution in [2.45, 2.75) is 18.0 Å². The molecule has 0 saturated carbocycles. The number of amides is 2. The van der Waals surface area contributed by atoms with Crippen molar-refractivity contribution in [1.82, 2.24) is 9.80 Å². The number of piperazine rings is 1. The zero-order valence-electron chi connectivity index (χ0n) is 18.7. The van der Waals surface area contributed by atoms with Crippen molar-refractivity contribution >= 4 is 11.8 Å². The molecule has 3 aromatic rings. The predicted molar refractivity (Wildman–Crippen MR) is 125 cm³/mol. The van der Waals surface area contributed by atoms with Crippen LogP contribution in [0.3, 0.4) is 0 Å². The molecule has 1 N–H and O–H groups in total. The number of hydrogen-bond donors (Lipinski definition) is 1. The number of carbonyl (C=O) groups is 2. The molecule has 0 aromatic heterocycles. The molecule has 3 aromatic carbocycles. The van der Waals surface area contributed by atoms with Gasteiger partial charge in [-0.2, -0.15) is 0 Å². The Bertz CT molecular complexity index is 1330. The number of hydrogen-bond acceptors (Lipinski definition) is 3. The van der Waals surface area contributed by atoms with E-state index in [4.69, 9.17) is 0 Å². The van der Waals surface area contributed by atoms with Crippen molar-refractivity contribution in [1.29, 1.82) is 0 Å². The summed E-state index contributed by atoms with van der Waals surface area (Å²) in [5.41, 5.74) is 2.61. The number of aliphatic hydroxyl groups excluding tert-OH is 1. The van der Waals surface area contributed by atoms with E-state index in [0.29, 0.717) is 12.1 Å². The molecular weight excluding hydrogens is 450 g/mol. The lowest BCUT2D eigenvalue weighted by Crippen LogP contribution is -2.73. The highest BCUT2D eigenvalue weighted by atomic mass is 19.1. The van der Waals surface area contributed by atoms with E-state index in [1.165, 1.54) is 41.3 Å². The number of rotatable bonds is 3. The maximum Gasteiger partial charge on any atom is 0.254 e. The molecule has 0 radical (unpaired) electrons. The zero-order valence-corrected chi connectivity index (χ0v) is 18.7. The summed E-state index contributed by atoms with van der Waals surface area (Å²) in [6.07, 6.45) is 0. The number of carbonyl (C=O) groups excluding carboxylic acids is 2. The van der Waals surface area contributed by atoms with Gasteiger partial charge in [-0.05, 0) is 60.2 Å². The van der Waals surface area contributed by atoms with Crippen molar-refractivity contribution < 1.29 is 23.5 Å². The Morgan fingerprint density at radius 1 is 0.943 bits per heavy atom. The highest BCUT2D eigenvalue weighted by Gasteiger charge is 2.54. The SMILES string of the molecule is O=C(c1cccc(F)c1)N1CC(=O)N2[C@H](CO)[C@H](c3ccc(C#Cc4ccc(F)cc4)cc3)[C@H]2C1. The molecule has 0 spiro atoms. The lowest BCUT2D eigenvalue weighted by atomic mass is 9.73. The van der Waals surface area contributed by atoms with Crippen molar-refractivity contribution in [3.63, 3.8) is 0 Å². The smallest absolute Gasteiger partial charge is 0.254 e. The summed E-state index contributed by atoms with van der Waals surface area (Å²) < 4.78 is 26.7. The predicted octanol–water partition coefficient (Wildman–Crippen LogP) is 3.18. The van der Waals surface area contributed by atoms with E-state index in [9.17, 15) is 23.5 Å². The fourth-order valence-corrected chi connectivity index (χ4v) is 4.92. The van der Waals surface area contributed by atoms with Gasteiger partial charge >= 0.3 is 0 Å². The average Bonchev–Trinajstić information content (AvgIpc) is 2.85. The normalized spacial score (nSPS) is 21.0. The van der Waals surface area contributed by atoms with Gasteiger partial charge in [0.05, 0.1) is 18.7 Å². The van der Waals surface area contributed by atoms with Gasteiger partial charge in [0.2, 0.25) is 5.91 Å². The first-order chi connectivity index (χ1) is 16.9. The Morgan fingerprint density at radius 2 is 1.60 bits per heavy atom. The zero-order chi connectivity index (χ0) is 24.5. The Balaban J connectivity index is 1.34. The fraction of sp³-hybridized carbons (Fsp3) is 0.214. The Kier molecular flexibility index (Phi) is 6.06. The Hall–Kier alpha value is -4.02. The van der Waals surface area contributed by atoms with Gasteiger partial charge in [0.15, 0.2) is 0 Å². The number of fused-ring (bicyclic) bond motifs is 1. The van der Waals surface area contributed by atoms with Crippen LogP contribution in [0.1, 0.15) is 33.0 Å². The van der Waals surface area contributed by atoms with Gasteiger partial charge in [-0.25, -0.2) is 8.78 Å². The van der Waals surface area contributed by atoms with E-state index in [0.717, 1.165) is 11.1 Å². The van der Waals surface area contributed by atoms with Crippen molar-refractivity contribution in [2.75, 3.05) is 19.7 Å². The molecule has 5 rings (SSSR count). The van der Waals surface area contributed by atoms with E-state index in [2.05, 4.69) is 11.8 Å². The van der Waals surface area contributed by atoms with Gasteiger partial charge in [-0.15, -0.1) is 0 Å². The second kappa shape index (κ2) is 9.32. The largest absolute Gasteiger partial charge is 0.394 e. The summed E-state index contributed by atoms with van der Waals surface area (Å²) in [6.45, 7) is 0.0121. The fourth-order valence-electron chi connectivity index (χ4n) is 4.92. The number of nitrogens with zero attached hydrogens (tertiary/aromatic N) is 2. The van der Waals surface area contributed by atoms with Gasteiger partial charge in [0.1, 0.15) is 18.2 Å². The summed E-state index contributed by atoms with van der Waals surface area (Å²) >= 11 is 0. The second-order valence-electron chi connectivity index (χ2n) is 8.72. The number of benzene rings is 3. The van der Waals surface area contributed by atoms with Crippen LogP contribution in [-0.2, 0) is 4.79 Å². The van der Waals surface area contributed by atoms with Crippen LogP contribution < -0.4 is 0 Å². The summed E-state index contributed by atoms with van der Waals surface area (Å²) in [6, 6.07) is 18.3. The summed E-state index contributed by atoms with van der Waals surface area (Å²) in [5, 5.41) is 9.98. The first-order valence-electron chi connectivity index (χ1n) is 11.3. The van der Waals surface area contributed by atoms with Gasteiger partial charge in [-0.1, -0.05) is 30.0 Å². The standard InChI is InChI=1S/C28H22F2N2O3/c29-22-12-8-19(9-13-22)5-4-18-6-10-20(11-7-18)27-24-15-31(16-26(34)32(24)25(27)17-33)28(35)21-2-1-3-23(30)14-21/h1-3,6-14,24-25,27,33H,15-17H2/t24-,25-,27-/m1/s1. The molecule has 2 heterocycles. The molecule has 7 heteroatoms. The quantitative estimate of drug-likeness (QED) is 0.596. The van der Waals surface area contributed by atoms with Gasteiger partial charge in [-0.3, -0.25) is 9.59 Å². The summed E-state index contributed by atoms with van der Waals surface area (Å²) in [5.74, 6) is 4.44. The molecule has 0 unspecified atom stereocenters. The molecule has 35 heavy (non-hydrogen) atoms. The van der Waals surface area contributed by atoms with Crippen LogP contribution in [0, 0.1) is 23.5 Å². The first-order valence-corrected chi connectivity index (χ1v) is 11.3. The Morgan fingerprint density at radius 3 is 2.23 bits per heavy atom. The summed E-state index contributed by atoms with van der Waals surface area (Å²) in [7, 11) is 0. The van der Waals surface area contributed by atoms with Crippen LogP contribution in [0.25, 0.3) is 0 Å². The van der Waals surface area contributed by atoms with Crippen LogP contribution in [-0.4, -0.2) is 58.5 Å². The van der Waals surface area contributed by atoms with E-state index in [-0.39, 0.29) is 48.4 Å². The molecule has 2 aliphatic rings. The monoisotopic (exact) mass is 472 g/mol. The Labute approximate surface area is 201 Å². The van der Waals surface area contributed by atoms with Gasteiger partial charge in [0.25, 0.3) is 5.91 Å². The molecule has 5 nitrogen and oxygen atoms in total. The van der Waals surface area contributed by atoms with Crippen molar-refractivity contribution in [3.05, 3.63) is 107 Å². The minimum absolute atomic E-state index is 0.104. The van der Waals surface area contributed by atoms with Crippen LogP contribution in [0.15, 0.2) is 72.8 Å². The third-order valence-corrected chi connectivity index (χ3v) is 6.60. The number of aliphatic hydroxyl groups is 1. The van der Waals surface area contributed by atoms with Gasteiger partial charge in [0, 0.05) is 29.2 Å². The van der Waals surface area contributed by atoms with Gasteiger partial charge < -0.3 is 14.9 Å². The average molecular weight is 472 g/mol. The molecule has 2 saturated heterocycles. The molecule has 0 aliphatic carbocycles. The van der Waals surface area contributed by atoms with Crippen molar-refractivity contribution in [3.8, 4) is 11.8 Å². The van der Waals surface area contributed by atoms with Crippen LogP contribution in [0.4, 0.5) is 8.78 Å². The first kappa shape index (κ1) is 22.8. The van der Waals surface area contributed by atoms with E-state index >= 15 is 0 Å². The topological polar surface area (TPSA) is 60.9 Å². The highest BCUT2D eigenvalue weighted by Crippen LogP contribution is 2.43. The van der Waals surface area contributed by atoms with Crippen molar-refractivity contribution in [2.24, 2.45) is 0 Å². The maximum absolute atomic E-state index is 13.6. The van der Waals surface area contributed by atoms with Crippen LogP contribution in [0.5, 0.6) is 0 Å². The molecule has 2 amide bonds. The minimum Gasteiger partial charge on any atom is -0.394 e. The van der Waals surface area contributed by atoms with E-state index in [1.807, 2.05) is 24.3 Å². The molecule has 2 aliphatic heterocycles. The second-order valence-corrected chi connectivity index (χ2v) is 8.72. The van der Waals surface area contributed by atoms with Crippen LogP contribution in [0.2, 0.25) is 0 Å². The summed E-state index contributed by atoms with van der Waals surface area (Å²) in [4.78, 5) is 28.8. The minimum atomic E-state index is -0.509. The lowest BCUT2D eigenvalue weighted by Gasteiger charge is -2.58. The molecule has 3 atom stereocenters. The van der Waals surface area contributed by atoms with E-state index < -0.39 is 11.7 Å². The van der Waals surface area contributed by atoms with Crippen LogP contribution >= 0.6 is 0 Å². The third-order valence-electron chi connectivity index (χ3n) is 6.60. The number of halogens is 2. The molecular formula is C28H22F2N2O3. The lowest BCUT2D eigenvalue weighted by molar-refractivity contribution is -0.159. The molecule has 0 bridgehead atoms. The molecule has 176 valence electrons. The molecule has 2 fully saturated rings. The maximum atomic E-state index is 13.6. The highest BCUT2D eigenvalue weighted by molar-refractivity contribution is 5.97.